The number of carbonyl (C=O) groups excluding carboxylic acids is 2. The molecular weight excluding hydrogens is 283 g/mol. The molecule has 2 fully saturated rings. The van der Waals surface area contributed by atoms with E-state index in [0.717, 1.165) is 25.8 Å². The Morgan fingerprint density at radius 1 is 1.27 bits per heavy atom. The number of hydrogen-bond donors (Lipinski definition) is 0. The van der Waals surface area contributed by atoms with Crippen LogP contribution in [0.5, 0.6) is 0 Å². The van der Waals surface area contributed by atoms with E-state index in [1.165, 1.54) is 6.07 Å². The smallest absolute Gasteiger partial charge is 0.254 e. The molecule has 118 valence electrons. The number of aryl methyl sites for hydroxylation is 1. The van der Waals surface area contributed by atoms with Gasteiger partial charge in [-0.05, 0) is 43.9 Å². The van der Waals surface area contributed by atoms with Crippen molar-refractivity contribution in [3.05, 3.63) is 35.1 Å². The lowest BCUT2D eigenvalue weighted by atomic mass is 10.0. The average Bonchev–Trinajstić information content (AvgIpc) is 2.95. The van der Waals surface area contributed by atoms with Crippen molar-refractivity contribution in [1.82, 2.24) is 9.80 Å². The highest BCUT2D eigenvalue weighted by atomic mass is 19.1. The molecule has 3 rings (SSSR count). The summed E-state index contributed by atoms with van der Waals surface area (Å²) in [6.07, 6.45) is 3.35. The highest BCUT2D eigenvalue weighted by Gasteiger charge is 2.33. The van der Waals surface area contributed by atoms with E-state index >= 15 is 0 Å². The zero-order valence-corrected chi connectivity index (χ0v) is 12.8. The van der Waals surface area contributed by atoms with Crippen molar-refractivity contribution in [3.8, 4) is 0 Å². The van der Waals surface area contributed by atoms with Crippen LogP contribution in [0.4, 0.5) is 4.39 Å². The van der Waals surface area contributed by atoms with E-state index in [1.807, 2.05) is 4.90 Å². The summed E-state index contributed by atoms with van der Waals surface area (Å²) in [5.74, 6) is -0.301. The summed E-state index contributed by atoms with van der Waals surface area (Å²) in [6, 6.07) is 4.73. The Labute approximate surface area is 129 Å². The third-order valence-electron chi connectivity index (χ3n) is 4.65. The molecule has 22 heavy (non-hydrogen) atoms. The Bertz CT molecular complexity index is 602. The number of carbonyl (C=O) groups is 2. The first-order valence-corrected chi connectivity index (χ1v) is 7.91. The molecule has 0 aliphatic carbocycles. The molecule has 5 heteroatoms. The maximum atomic E-state index is 13.7. The Morgan fingerprint density at radius 2 is 2.09 bits per heavy atom. The van der Waals surface area contributed by atoms with Crippen LogP contribution in [0.25, 0.3) is 0 Å². The van der Waals surface area contributed by atoms with Crippen LogP contribution in [0.3, 0.4) is 0 Å². The fourth-order valence-electron chi connectivity index (χ4n) is 3.36. The lowest BCUT2D eigenvalue weighted by molar-refractivity contribution is -0.130. The fourth-order valence-corrected chi connectivity index (χ4v) is 3.36. The predicted octanol–water partition coefficient (Wildman–Crippen LogP) is 2.36. The third-order valence-corrected chi connectivity index (χ3v) is 4.65. The van der Waals surface area contributed by atoms with Crippen molar-refractivity contribution in [2.75, 3.05) is 19.6 Å². The molecule has 1 atom stereocenters. The molecule has 2 aliphatic rings. The topological polar surface area (TPSA) is 40.6 Å². The van der Waals surface area contributed by atoms with Gasteiger partial charge in [0.2, 0.25) is 5.91 Å². The second-order valence-corrected chi connectivity index (χ2v) is 6.20. The van der Waals surface area contributed by atoms with E-state index in [-0.39, 0.29) is 23.7 Å². The summed E-state index contributed by atoms with van der Waals surface area (Å²) < 4.78 is 13.7. The molecular formula is C17H21FN2O2. The van der Waals surface area contributed by atoms with Gasteiger partial charge >= 0.3 is 0 Å². The molecule has 0 N–H and O–H groups in total. The quantitative estimate of drug-likeness (QED) is 0.841. The number of nitrogens with zero attached hydrogens (tertiary/aromatic N) is 2. The number of piperidine rings is 1. The van der Waals surface area contributed by atoms with Gasteiger partial charge in [0.15, 0.2) is 0 Å². The zero-order valence-electron chi connectivity index (χ0n) is 12.8. The van der Waals surface area contributed by atoms with Gasteiger partial charge in [0, 0.05) is 37.7 Å². The molecule has 1 aromatic carbocycles. The van der Waals surface area contributed by atoms with Crippen LogP contribution < -0.4 is 0 Å². The van der Waals surface area contributed by atoms with Gasteiger partial charge in [-0.1, -0.05) is 6.07 Å². The molecule has 2 heterocycles. The van der Waals surface area contributed by atoms with Gasteiger partial charge in [-0.3, -0.25) is 9.59 Å². The zero-order chi connectivity index (χ0) is 15.7. The molecule has 0 aromatic heterocycles. The van der Waals surface area contributed by atoms with Crippen LogP contribution in [-0.4, -0.2) is 47.3 Å². The van der Waals surface area contributed by atoms with Gasteiger partial charge in [-0.25, -0.2) is 4.39 Å². The Hall–Kier alpha value is -1.91. The standard InChI is InChI=1S/C17H21FN2O2/c1-12-6-7-13(10-15(12)18)17(22)19-8-2-4-14(11-19)20-9-3-5-16(20)21/h6-7,10,14H,2-5,8-9,11H2,1H3. The second-order valence-electron chi connectivity index (χ2n) is 6.20. The van der Waals surface area contributed by atoms with Crippen molar-refractivity contribution in [2.24, 2.45) is 0 Å². The molecule has 2 saturated heterocycles. The predicted molar refractivity (Wildman–Crippen MR) is 81.0 cm³/mol. The van der Waals surface area contributed by atoms with Gasteiger partial charge in [-0.15, -0.1) is 0 Å². The van der Waals surface area contributed by atoms with Crippen LogP contribution in [-0.2, 0) is 4.79 Å². The number of likely N-dealkylation sites (tertiary alicyclic amines) is 2. The van der Waals surface area contributed by atoms with Crippen LogP contribution in [0.2, 0.25) is 0 Å². The Morgan fingerprint density at radius 3 is 2.77 bits per heavy atom. The number of amides is 2. The van der Waals surface area contributed by atoms with E-state index in [0.29, 0.717) is 30.6 Å². The maximum Gasteiger partial charge on any atom is 0.254 e. The molecule has 1 aromatic rings. The highest BCUT2D eigenvalue weighted by molar-refractivity contribution is 5.94. The molecule has 0 spiro atoms. The van der Waals surface area contributed by atoms with Gasteiger partial charge in [0.05, 0.1) is 0 Å². The van der Waals surface area contributed by atoms with Crippen molar-refractivity contribution < 1.29 is 14.0 Å². The van der Waals surface area contributed by atoms with Crippen molar-refractivity contribution in [2.45, 2.75) is 38.6 Å². The van der Waals surface area contributed by atoms with Crippen LogP contribution in [0, 0.1) is 12.7 Å². The molecule has 0 radical (unpaired) electrons. The summed E-state index contributed by atoms with van der Waals surface area (Å²) in [4.78, 5) is 28.1. The fraction of sp³-hybridized carbons (Fsp3) is 0.529. The van der Waals surface area contributed by atoms with E-state index in [1.54, 1.807) is 24.0 Å². The average molecular weight is 304 g/mol. The minimum absolute atomic E-state index is 0.114. The highest BCUT2D eigenvalue weighted by Crippen LogP contribution is 2.23. The van der Waals surface area contributed by atoms with Crippen LogP contribution >= 0.6 is 0 Å². The summed E-state index contributed by atoms with van der Waals surface area (Å²) >= 11 is 0. The normalized spacial score (nSPS) is 22.3. The largest absolute Gasteiger partial charge is 0.338 e. The minimum Gasteiger partial charge on any atom is -0.338 e. The SMILES string of the molecule is Cc1ccc(C(=O)N2CCCC(N3CCCC3=O)C2)cc1F. The van der Waals surface area contributed by atoms with Gasteiger partial charge in [-0.2, -0.15) is 0 Å². The third kappa shape index (κ3) is 2.85. The van der Waals surface area contributed by atoms with Gasteiger partial charge < -0.3 is 9.80 Å². The van der Waals surface area contributed by atoms with E-state index in [9.17, 15) is 14.0 Å². The van der Waals surface area contributed by atoms with Gasteiger partial charge in [0.25, 0.3) is 5.91 Å². The Kier molecular flexibility index (Phi) is 4.14. The monoisotopic (exact) mass is 304 g/mol. The second kappa shape index (κ2) is 6.07. The van der Waals surface area contributed by atoms with E-state index in [4.69, 9.17) is 0 Å². The summed E-state index contributed by atoms with van der Waals surface area (Å²) in [5.41, 5.74) is 0.923. The molecule has 0 saturated carbocycles. The first-order valence-electron chi connectivity index (χ1n) is 7.91. The molecule has 0 bridgehead atoms. The van der Waals surface area contributed by atoms with E-state index < -0.39 is 0 Å². The van der Waals surface area contributed by atoms with Crippen LogP contribution in [0.15, 0.2) is 18.2 Å². The summed E-state index contributed by atoms with van der Waals surface area (Å²) in [6.45, 7) is 3.71. The summed E-state index contributed by atoms with van der Waals surface area (Å²) in [5, 5.41) is 0. The molecule has 2 aliphatic heterocycles. The Balaban J connectivity index is 1.72. The van der Waals surface area contributed by atoms with E-state index in [2.05, 4.69) is 0 Å². The lowest BCUT2D eigenvalue weighted by Gasteiger charge is -2.37. The van der Waals surface area contributed by atoms with Gasteiger partial charge in [0.1, 0.15) is 5.82 Å². The minimum atomic E-state index is -0.353. The van der Waals surface area contributed by atoms with Crippen LogP contribution in [0.1, 0.15) is 41.6 Å². The molecule has 1 unspecified atom stereocenters. The first-order chi connectivity index (χ1) is 10.6. The number of halogens is 1. The number of rotatable bonds is 2. The lowest BCUT2D eigenvalue weighted by Crippen LogP contribution is -2.50. The maximum absolute atomic E-state index is 13.7. The van der Waals surface area contributed by atoms with Crippen molar-refractivity contribution in [1.29, 1.82) is 0 Å². The summed E-state index contributed by atoms with van der Waals surface area (Å²) in [7, 11) is 0. The van der Waals surface area contributed by atoms with Crippen molar-refractivity contribution >= 4 is 11.8 Å². The first kappa shape index (κ1) is 15.0. The number of hydrogen-bond acceptors (Lipinski definition) is 2. The number of benzene rings is 1. The molecule has 2 amide bonds. The van der Waals surface area contributed by atoms with Crippen molar-refractivity contribution in [3.63, 3.8) is 0 Å². The molecule has 4 nitrogen and oxygen atoms in total.